The van der Waals surface area contributed by atoms with Gasteiger partial charge in [0.15, 0.2) is 10.1 Å². The number of esters is 2. The van der Waals surface area contributed by atoms with E-state index in [1.54, 1.807) is 0 Å². The maximum atomic E-state index is 13.9. The van der Waals surface area contributed by atoms with E-state index in [0.29, 0.717) is 10.9 Å². The van der Waals surface area contributed by atoms with E-state index in [1.807, 2.05) is 72.8 Å². The molecule has 55 heavy (non-hydrogen) atoms. The number of halogens is 3. The van der Waals surface area contributed by atoms with Crippen LogP contribution in [0.2, 0.25) is 0 Å². The van der Waals surface area contributed by atoms with E-state index in [-0.39, 0.29) is 20.4 Å². The molecule has 0 amide bonds. The molecule has 3 aliphatic rings. The molecule has 15 heteroatoms. The van der Waals surface area contributed by atoms with Gasteiger partial charge in [0.25, 0.3) is 0 Å². The molecule has 7 nitrogen and oxygen atoms in total. The SMILES string of the molecule is COC(=O)C1=C(C(=O)OC)P2C(c3ccccc3)=C(c3ccccc3)C1C(C)=C2P(=S)(c1ccccc1)c1ccccc1.O=S(=O)([O-])C(F)(F)F.[CH2][CH][CH2].[Pd+2]. The van der Waals surface area contributed by atoms with E-state index in [2.05, 4.69) is 69.3 Å². The summed E-state index contributed by atoms with van der Waals surface area (Å²) in [6.45, 7) is 8.59. The minimum Gasteiger partial charge on any atom is -0.741 e. The molecule has 0 aromatic heterocycles. The molecule has 2 bridgehead atoms. The Morgan fingerprint density at radius 1 is 0.782 bits per heavy atom. The quantitative estimate of drug-likeness (QED) is 0.0597. The number of ether oxygens (including phenoxy) is 2. The Morgan fingerprint density at radius 2 is 1.15 bits per heavy atom. The van der Waals surface area contributed by atoms with E-state index in [9.17, 15) is 22.8 Å². The molecule has 0 spiro atoms. The fourth-order valence-corrected chi connectivity index (χ4v) is 15.9. The van der Waals surface area contributed by atoms with Crippen molar-refractivity contribution in [3.05, 3.63) is 174 Å². The molecule has 0 fully saturated rings. The Kier molecular flexibility index (Phi) is 16.3. The van der Waals surface area contributed by atoms with Gasteiger partial charge in [0.05, 0.1) is 25.1 Å². The molecule has 0 N–H and O–H groups in total. The van der Waals surface area contributed by atoms with Crippen molar-refractivity contribution in [3.8, 4) is 0 Å². The van der Waals surface area contributed by atoms with Crippen molar-refractivity contribution >= 4 is 69.3 Å². The zero-order valence-corrected chi connectivity index (χ0v) is 34.6. The summed E-state index contributed by atoms with van der Waals surface area (Å²) < 4.78 is 69.7. The Labute approximate surface area is 339 Å². The smallest absolute Gasteiger partial charge is 0.741 e. The number of allylic oxidation sites excluding steroid dienone is 2. The normalized spacial score (nSPS) is 16.5. The summed E-state index contributed by atoms with van der Waals surface area (Å²) in [6, 6.07) is 38.0. The van der Waals surface area contributed by atoms with Gasteiger partial charge in [-0.1, -0.05) is 139 Å². The van der Waals surface area contributed by atoms with Gasteiger partial charge in [0, 0.05) is 17.0 Å². The minimum atomic E-state index is -6.09. The minimum absolute atomic E-state index is 0. The largest absolute Gasteiger partial charge is 2.00 e. The number of carbonyl (C=O) groups excluding carboxylic acids is 2. The van der Waals surface area contributed by atoms with Crippen LogP contribution in [0.4, 0.5) is 13.2 Å². The molecule has 4 aromatic rings. The van der Waals surface area contributed by atoms with Crippen molar-refractivity contribution < 1.29 is 65.6 Å². The van der Waals surface area contributed by atoms with Crippen molar-refractivity contribution in [1.29, 1.82) is 0 Å². The molecule has 2 unspecified atom stereocenters. The molecular formula is C40H35F3O7P2PdS2+. The first-order valence-corrected chi connectivity index (χ1v) is 21.6. The molecule has 0 saturated carbocycles. The summed E-state index contributed by atoms with van der Waals surface area (Å²) >= 11 is 6.92. The number of alkyl halides is 3. The molecule has 3 radical (unpaired) electrons. The predicted molar refractivity (Wildman–Crippen MR) is 211 cm³/mol. The Bertz CT molecular complexity index is 2190. The van der Waals surface area contributed by atoms with Crippen LogP contribution in [0.5, 0.6) is 0 Å². The van der Waals surface area contributed by atoms with Gasteiger partial charge >= 0.3 is 37.9 Å². The Morgan fingerprint density at radius 3 is 1.51 bits per heavy atom. The Balaban J connectivity index is 0.000000597. The van der Waals surface area contributed by atoms with Gasteiger partial charge < -0.3 is 14.0 Å². The molecule has 3 aliphatic heterocycles. The third kappa shape index (κ3) is 9.55. The van der Waals surface area contributed by atoms with E-state index in [0.717, 1.165) is 43.3 Å². The number of rotatable bonds is 7. The van der Waals surface area contributed by atoms with Crippen molar-refractivity contribution in [3.63, 3.8) is 0 Å². The molecule has 0 aliphatic carbocycles. The zero-order chi connectivity index (χ0) is 39.8. The van der Waals surface area contributed by atoms with E-state index < -0.39 is 47.4 Å². The van der Waals surface area contributed by atoms with Gasteiger partial charge in [-0.05, 0) is 67.7 Å². The third-order valence-electron chi connectivity index (χ3n) is 8.27. The van der Waals surface area contributed by atoms with Crippen LogP contribution in [-0.4, -0.2) is 44.6 Å². The van der Waals surface area contributed by atoms with Crippen LogP contribution >= 0.6 is 14.0 Å². The summed E-state index contributed by atoms with van der Waals surface area (Å²) in [5, 5.41) is 4.54. The van der Waals surface area contributed by atoms with Crippen LogP contribution in [0.25, 0.3) is 10.9 Å². The second kappa shape index (κ2) is 19.6. The van der Waals surface area contributed by atoms with Gasteiger partial charge in [-0.2, -0.15) is 13.2 Å². The molecule has 289 valence electrons. The first-order chi connectivity index (χ1) is 25.6. The second-order valence-corrected chi connectivity index (χ2v) is 19.6. The summed E-state index contributed by atoms with van der Waals surface area (Å²) in [5.41, 5.74) is -1.29. The maximum Gasteiger partial charge on any atom is 2.00 e. The fourth-order valence-electron chi connectivity index (χ4n) is 6.20. The summed E-state index contributed by atoms with van der Waals surface area (Å²) in [4.78, 5) is 27.6. The van der Waals surface area contributed by atoms with Crippen molar-refractivity contribution in [2.24, 2.45) is 5.92 Å². The van der Waals surface area contributed by atoms with Crippen LogP contribution in [0.1, 0.15) is 18.1 Å². The topological polar surface area (TPSA) is 110 Å². The van der Waals surface area contributed by atoms with Crippen LogP contribution in [-0.2, 0) is 61.4 Å². The van der Waals surface area contributed by atoms with E-state index in [4.69, 9.17) is 34.3 Å². The molecule has 4 aromatic carbocycles. The third-order valence-corrected chi connectivity index (χ3v) is 18.1. The monoisotopic (exact) mass is 916 g/mol. The second-order valence-electron chi connectivity index (χ2n) is 11.5. The average Bonchev–Trinajstić information content (AvgIpc) is 3.17. The average molecular weight is 917 g/mol. The first-order valence-electron chi connectivity index (χ1n) is 16.0. The van der Waals surface area contributed by atoms with Crippen LogP contribution < -0.4 is 10.6 Å². The summed E-state index contributed by atoms with van der Waals surface area (Å²) in [7, 11) is -4.98. The van der Waals surface area contributed by atoms with Gasteiger partial charge in [0.1, 0.15) is 0 Å². The van der Waals surface area contributed by atoms with Crippen LogP contribution in [0.15, 0.2) is 143 Å². The van der Waals surface area contributed by atoms with Crippen molar-refractivity contribution in [2.75, 3.05) is 14.2 Å². The van der Waals surface area contributed by atoms with E-state index >= 15 is 0 Å². The van der Waals surface area contributed by atoms with Gasteiger partial charge in [0.2, 0.25) is 0 Å². The molecule has 0 saturated heterocycles. The number of hydrogen-bond donors (Lipinski definition) is 0. The van der Waals surface area contributed by atoms with Crippen LogP contribution in [0.3, 0.4) is 0 Å². The van der Waals surface area contributed by atoms with Crippen molar-refractivity contribution in [1.82, 2.24) is 0 Å². The summed E-state index contributed by atoms with van der Waals surface area (Å²) in [6.07, 6.45) is 1.50. The maximum absolute atomic E-state index is 13.9. The Hall–Kier alpha value is -3.52. The number of methoxy groups -OCH3 is 2. The standard InChI is InChI=1S/C36H30O4P2S.C3H5.CHF3O3S.Pd/c1-24-29-30(25-16-8-4-9-17-25)32(26-18-10-5-11-19-26)41(33(35(38)40-3)31(29)34(37)39-2)36(24)42(43,27-20-12-6-13-21-27)28-22-14-7-15-23-28;1-3-2;2-1(3,4)8(5,6)7;/h4-23,29H,1-3H3;3H,1-2H2;(H,5,6,7);/q;;;+2/p-1. The molecule has 7 rings (SSSR count). The van der Waals surface area contributed by atoms with Crippen LogP contribution in [0, 0.1) is 26.2 Å². The van der Waals surface area contributed by atoms with E-state index in [1.165, 1.54) is 20.6 Å². The molecule has 2 atom stereocenters. The van der Waals surface area contributed by atoms with Gasteiger partial charge in [-0.3, -0.25) is 0 Å². The van der Waals surface area contributed by atoms with Gasteiger partial charge in [-0.15, -0.1) is 0 Å². The molecular weight excluding hydrogens is 882 g/mol. The predicted octanol–water partition coefficient (Wildman–Crippen LogP) is 8.55. The number of carbonyl (C=O) groups is 2. The number of hydrogen-bond acceptors (Lipinski definition) is 8. The molecule has 3 heterocycles. The van der Waals surface area contributed by atoms with Crippen molar-refractivity contribution in [2.45, 2.75) is 12.4 Å². The fraction of sp³-hybridized carbons (Fsp3) is 0.125. The first kappa shape index (κ1) is 45.9. The number of benzene rings is 4. The van der Waals surface area contributed by atoms with Gasteiger partial charge in [-0.25, -0.2) is 18.0 Å². The zero-order valence-electron chi connectivity index (χ0n) is 29.6. The summed E-state index contributed by atoms with van der Waals surface area (Å²) in [5.74, 6) is -1.59.